The molecule has 2 aliphatic rings. The molecular formula is C26H30N2O6. The van der Waals surface area contributed by atoms with Crippen molar-refractivity contribution in [2.75, 3.05) is 34.0 Å². The van der Waals surface area contributed by atoms with Crippen LogP contribution < -0.4 is 14.2 Å². The van der Waals surface area contributed by atoms with E-state index in [1.807, 2.05) is 32.8 Å². The lowest BCUT2D eigenvalue weighted by Crippen LogP contribution is -2.32. The quantitative estimate of drug-likeness (QED) is 0.361. The van der Waals surface area contributed by atoms with Gasteiger partial charge in [-0.05, 0) is 82.9 Å². The second-order valence-electron chi connectivity index (χ2n) is 8.95. The summed E-state index contributed by atoms with van der Waals surface area (Å²) in [4.78, 5) is 29.8. The molecule has 1 atom stereocenters. The molecule has 1 saturated heterocycles. The van der Waals surface area contributed by atoms with Crippen molar-refractivity contribution in [2.24, 2.45) is 0 Å². The van der Waals surface area contributed by atoms with Crippen LogP contribution in [-0.2, 0) is 9.59 Å². The number of rotatable bonds is 8. The molecule has 2 aromatic rings. The third-order valence-electron chi connectivity index (χ3n) is 5.76. The third kappa shape index (κ3) is 4.72. The molecule has 0 aromatic heterocycles. The molecule has 180 valence electrons. The van der Waals surface area contributed by atoms with Crippen molar-refractivity contribution >= 4 is 17.4 Å². The van der Waals surface area contributed by atoms with Gasteiger partial charge in [-0.25, -0.2) is 0 Å². The number of carbonyl (C=O) groups is 2. The summed E-state index contributed by atoms with van der Waals surface area (Å²) in [6, 6.07) is 11.4. The van der Waals surface area contributed by atoms with Crippen LogP contribution in [0.1, 0.15) is 37.4 Å². The minimum absolute atomic E-state index is 0.0120. The molecule has 0 bridgehead atoms. The van der Waals surface area contributed by atoms with Crippen LogP contribution >= 0.6 is 0 Å². The number of nitrogens with zero attached hydrogens (tertiary/aromatic N) is 2. The van der Waals surface area contributed by atoms with Gasteiger partial charge in [-0.3, -0.25) is 9.59 Å². The van der Waals surface area contributed by atoms with Crippen LogP contribution in [0.25, 0.3) is 5.76 Å². The number of aliphatic hydroxyl groups is 1. The zero-order valence-corrected chi connectivity index (χ0v) is 19.9. The Labute approximate surface area is 199 Å². The standard InChI is InChI=1S/C26H30N2O6/c1-16(2)34-19-9-6-17(7-10-19)24(29)22-23(18-8-11-20-21(14-18)33-15-32-20)28(26(31)25(22)30)13-5-12-27(3)4/h6-11,14,16,23,29H,5,12-13,15H2,1-4H3/b24-22+. The van der Waals surface area contributed by atoms with E-state index >= 15 is 0 Å². The Morgan fingerprint density at radius 3 is 2.50 bits per heavy atom. The number of benzene rings is 2. The van der Waals surface area contributed by atoms with Gasteiger partial charge in [0, 0.05) is 12.1 Å². The maximum absolute atomic E-state index is 13.2. The predicted octanol–water partition coefficient (Wildman–Crippen LogP) is 3.58. The van der Waals surface area contributed by atoms with Gasteiger partial charge in [0.05, 0.1) is 17.7 Å². The Morgan fingerprint density at radius 1 is 1.12 bits per heavy atom. The summed E-state index contributed by atoms with van der Waals surface area (Å²) in [5, 5.41) is 11.2. The SMILES string of the molecule is CC(C)Oc1ccc(/C(O)=C2\C(=O)C(=O)N(CCCN(C)C)C2c2ccc3c(c2)OCO3)cc1. The molecule has 1 N–H and O–H groups in total. The first-order valence-corrected chi connectivity index (χ1v) is 11.4. The summed E-state index contributed by atoms with van der Waals surface area (Å²) in [6.45, 7) is 5.11. The fourth-order valence-electron chi connectivity index (χ4n) is 4.22. The summed E-state index contributed by atoms with van der Waals surface area (Å²) in [7, 11) is 3.91. The molecule has 0 saturated carbocycles. The van der Waals surface area contributed by atoms with E-state index in [9.17, 15) is 14.7 Å². The molecule has 8 nitrogen and oxygen atoms in total. The molecule has 2 aliphatic heterocycles. The lowest BCUT2D eigenvalue weighted by atomic mass is 9.95. The van der Waals surface area contributed by atoms with E-state index in [2.05, 4.69) is 0 Å². The number of amides is 1. The highest BCUT2D eigenvalue weighted by Crippen LogP contribution is 2.43. The molecule has 0 radical (unpaired) electrons. The van der Waals surface area contributed by atoms with Crippen LogP contribution in [-0.4, -0.2) is 66.7 Å². The first kappa shape index (κ1) is 23.6. The monoisotopic (exact) mass is 466 g/mol. The molecule has 2 aromatic carbocycles. The van der Waals surface area contributed by atoms with Crippen LogP contribution in [0.2, 0.25) is 0 Å². The zero-order valence-electron chi connectivity index (χ0n) is 19.9. The van der Waals surface area contributed by atoms with Gasteiger partial charge in [-0.2, -0.15) is 0 Å². The number of Topliss-reactive ketones (excluding diaryl/α,β-unsaturated/α-hetero) is 1. The van der Waals surface area contributed by atoms with E-state index in [-0.39, 0.29) is 24.2 Å². The number of carbonyl (C=O) groups excluding carboxylic acids is 2. The van der Waals surface area contributed by atoms with Crippen molar-refractivity contribution in [1.29, 1.82) is 0 Å². The van der Waals surface area contributed by atoms with Crippen LogP contribution in [0, 0.1) is 0 Å². The van der Waals surface area contributed by atoms with E-state index in [1.54, 1.807) is 42.5 Å². The molecule has 1 fully saturated rings. The average Bonchev–Trinajstić information content (AvgIpc) is 3.36. The second-order valence-corrected chi connectivity index (χ2v) is 8.95. The summed E-state index contributed by atoms with van der Waals surface area (Å²) in [6.07, 6.45) is 0.695. The lowest BCUT2D eigenvalue weighted by molar-refractivity contribution is -0.139. The molecular weight excluding hydrogens is 436 g/mol. The van der Waals surface area contributed by atoms with Crippen LogP contribution in [0.3, 0.4) is 0 Å². The Hall–Kier alpha value is -3.52. The summed E-state index contributed by atoms with van der Waals surface area (Å²) in [5.74, 6) is 0.270. The summed E-state index contributed by atoms with van der Waals surface area (Å²) in [5.41, 5.74) is 1.18. The van der Waals surface area contributed by atoms with Gasteiger partial charge >= 0.3 is 0 Å². The van der Waals surface area contributed by atoms with Gasteiger partial charge in [-0.15, -0.1) is 0 Å². The smallest absolute Gasteiger partial charge is 0.295 e. The number of aliphatic hydroxyl groups excluding tert-OH is 1. The fraction of sp³-hybridized carbons (Fsp3) is 0.385. The Balaban J connectivity index is 1.75. The van der Waals surface area contributed by atoms with Crippen LogP contribution in [0.4, 0.5) is 0 Å². The number of fused-ring (bicyclic) bond motifs is 1. The van der Waals surface area contributed by atoms with Crippen molar-refractivity contribution in [2.45, 2.75) is 32.4 Å². The van der Waals surface area contributed by atoms with E-state index in [4.69, 9.17) is 14.2 Å². The van der Waals surface area contributed by atoms with Gasteiger partial charge < -0.3 is 29.1 Å². The minimum Gasteiger partial charge on any atom is -0.507 e. The van der Waals surface area contributed by atoms with Crippen molar-refractivity contribution in [1.82, 2.24) is 9.80 Å². The molecule has 4 rings (SSSR count). The Kier molecular flexibility index (Phi) is 6.79. The van der Waals surface area contributed by atoms with E-state index < -0.39 is 17.7 Å². The van der Waals surface area contributed by atoms with Gasteiger partial charge in [0.25, 0.3) is 11.7 Å². The molecule has 1 unspecified atom stereocenters. The normalized spacial score (nSPS) is 18.9. The number of hydrogen-bond donors (Lipinski definition) is 1. The largest absolute Gasteiger partial charge is 0.507 e. The zero-order chi connectivity index (χ0) is 24.4. The van der Waals surface area contributed by atoms with Crippen molar-refractivity contribution < 1.29 is 28.9 Å². The van der Waals surface area contributed by atoms with Gasteiger partial charge in [0.1, 0.15) is 11.5 Å². The summed E-state index contributed by atoms with van der Waals surface area (Å²) >= 11 is 0. The maximum atomic E-state index is 13.2. The predicted molar refractivity (Wildman–Crippen MR) is 127 cm³/mol. The minimum atomic E-state index is -0.733. The molecule has 2 heterocycles. The van der Waals surface area contributed by atoms with Gasteiger partial charge in [-0.1, -0.05) is 6.07 Å². The van der Waals surface area contributed by atoms with Crippen molar-refractivity contribution in [3.05, 3.63) is 59.2 Å². The molecule has 1 amide bonds. The maximum Gasteiger partial charge on any atom is 0.295 e. The highest BCUT2D eigenvalue weighted by Gasteiger charge is 2.46. The van der Waals surface area contributed by atoms with E-state index in [0.29, 0.717) is 41.3 Å². The Morgan fingerprint density at radius 2 is 1.82 bits per heavy atom. The highest BCUT2D eigenvalue weighted by atomic mass is 16.7. The third-order valence-corrected chi connectivity index (χ3v) is 5.76. The van der Waals surface area contributed by atoms with Crippen LogP contribution in [0.15, 0.2) is 48.0 Å². The van der Waals surface area contributed by atoms with E-state index in [1.165, 1.54) is 4.90 Å². The number of likely N-dealkylation sites (tertiary alicyclic amines) is 1. The number of ether oxygens (including phenoxy) is 3. The van der Waals surface area contributed by atoms with Crippen LogP contribution in [0.5, 0.6) is 17.2 Å². The average molecular weight is 467 g/mol. The van der Waals surface area contributed by atoms with E-state index in [0.717, 1.165) is 6.54 Å². The molecule has 0 spiro atoms. The topological polar surface area (TPSA) is 88.5 Å². The number of hydrogen-bond acceptors (Lipinski definition) is 7. The second kappa shape index (κ2) is 9.77. The lowest BCUT2D eigenvalue weighted by Gasteiger charge is -2.26. The highest BCUT2D eigenvalue weighted by molar-refractivity contribution is 6.46. The number of ketones is 1. The molecule has 34 heavy (non-hydrogen) atoms. The first-order chi connectivity index (χ1) is 16.3. The van der Waals surface area contributed by atoms with Gasteiger partial charge in [0.15, 0.2) is 11.5 Å². The Bertz CT molecular complexity index is 1110. The molecule has 8 heteroatoms. The van der Waals surface area contributed by atoms with Gasteiger partial charge in [0.2, 0.25) is 6.79 Å². The summed E-state index contributed by atoms with van der Waals surface area (Å²) < 4.78 is 16.6. The van der Waals surface area contributed by atoms with Crippen molar-refractivity contribution in [3.63, 3.8) is 0 Å². The van der Waals surface area contributed by atoms with Crippen molar-refractivity contribution in [3.8, 4) is 17.2 Å². The fourth-order valence-corrected chi connectivity index (χ4v) is 4.22. The molecule has 0 aliphatic carbocycles. The first-order valence-electron chi connectivity index (χ1n) is 11.4.